The van der Waals surface area contributed by atoms with E-state index >= 15 is 0 Å². The summed E-state index contributed by atoms with van der Waals surface area (Å²) >= 11 is 0. The molecular weight excluding hydrogens is 282 g/mol. The largest absolute Gasteiger partial charge is 0.465 e. The summed E-state index contributed by atoms with van der Waals surface area (Å²) in [6.45, 7) is 1.25. The number of likely N-dealkylation sites (tertiary alicyclic amines) is 1. The number of amides is 1. The number of benzene rings is 1. The van der Waals surface area contributed by atoms with Crippen LogP contribution in [-0.2, 0) is 4.74 Å². The molecule has 0 saturated carbocycles. The van der Waals surface area contributed by atoms with Crippen LogP contribution in [0.1, 0.15) is 35.2 Å². The number of piperidine rings is 1. The fraction of sp³-hybridized carbons (Fsp3) is 0.412. The average molecular weight is 303 g/mol. The van der Waals surface area contributed by atoms with Gasteiger partial charge in [0.25, 0.3) is 0 Å². The first-order chi connectivity index (χ1) is 10.6. The number of nitrogens with zero attached hydrogens (tertiary/aromatic N) is 1. The maximum atomic E-state index is 11.3. The second kappa shape index (κ2) is 7.64. The van der Waals surface area contributed by atoms with E-state index in [1.165, 1.54) is 12.0 Å². The van der Waals surface area contributed by atoms with E-state index in [4.69, 9.17) is 5.11 Å². The van der Waals surface area contributed by atoms with Crippen LogP contribution in [0.3, 0.4) is 0 Å². The lowest BCUT2D eigenvalue weighted by atomic mass is 9.93. The molecule has 1 heterocycles. The highest BCUT2D eigenvalue weighted by atomic mass is 16.5. The molecule has 5 nitrogen and oxygen atoms in total. The molecule has 0 bridgehead atoms. The van der Waals surface area contributed by atoms with Gasteiger partial charge in [-0.3, -0.25) is 0 Å². The van der Waals surface area contributed by atoms with Crippen LogP contribution in [0.25, 0.3) is 6.08 Å². The van der Waals surface area contributed by atoms with E-state index in [1.807, 2.05) is 18.2 Å². The monoisotopic (exact) mass is 303 g/mol. The molecule has 0 spiro atoms. The van der Waals surface area contributed by atoms with E-state index in [9.17, 15) is 9.59 Å². The first-order valence-electron chi connectivity index (χ1n) is 7.43. The minimum absolute atomic E-state index is 0.333. The molecule has 1 aliphatic rings. The molecule has 1 aliphatic heterocycles. The average Bonchev–Trinajstić information content (AvgIpc) is 2.55. The zero-order valence-corrected chi connectivity index (χ0v) is 12.7. The summed E-state index contributed by atoms with van der Waals surface area (Å²) in [5.41, 5.74) is 1.58. The van der Waals surface area contributed by atoms with Gasteiger partial charge in [0.1, 0.15) is 0 Å². The number of carboxylic acid groups (broad SMARTS) is 1. The zero-order valence-electron chi connectivity index (χ0n) is 12.7. The van der Waals surface area contributed by atoms with Gasteiger partial charge in [-0.25, -0.2) is 9.59 Å². The molecule has 1 saturated heterocycles. The molecule has 0 atom stereocenters. The van der Waals surface area contributed by atoms with E-state index in [1.54, 1.807) is 12.1 Å². The predicted molar refractivity (Wildman–Crippen MR) is 83.8 cm³/mol. The Morgan fingerprint density at radius 3 is 2.45 bits per heavy atom. The van der Waals surface area contributed by atoms with Crippen molar-refractivity contribution in [2.75, 3.05) is 20.2 Å². The maximum absolute atomic E-state index is 11.3. The number of ether oxygens (including phenoxy) is 1. The third-order valence-electron chi connectivity index (χ3n) is 4.00. The quantitative estimate of drug-likeness (QED) is 0.867. The molecule has 118 valence electrons. The van der Waals surface area contributed by atoms with Crippen LogP contribution in [-0.4, -0.2) is 42.3 Å². The van der Waals surface area contributed by atoms with Crippen LogP contribution in [0.5, 0.6) is 0 Å². The van der Waals surface area contributed by atoms with Gasteiger partial charge in [-0.2, -0.15) is 0 Å². The summed E-state index contributed by atoms with van der Waals surface area (Å²) in [6, 6.07) is 7.26. The Morgan fingerprint density at radius 1 is 1.27 bits per heavy atom. The molecule has 0 aromatic heterocycles. The summed E-state index contributed by atoms with van der Waals surface area (Å²) in [4.78, 5) is 23.6. The van der Waals surface area contributed by atoms with Crippen molar-refractivity contribution in [3.05, 3.63) is 41.5 Å². The molecule has 1 fully saturated rings. The van der Waals surface area contributed by atoms with E-state index in [2.05, 4.69) is 10.8 Å². The number of esters is 1. The second-order valence-corrected chi connectivity index (χ2v) is 5.46. The lowest BCUT2D eigenvalue weighted by Gasteiger charge is -2.29. The normalized spacial score (nSPS) is 16.0. The van der Waals surface area contributed by atoms with Gasteiger partial charge < -0.3 is 14.7 Å². The van der Waals surface area contributed by atoms with Crippen LogP contribution >= 0.6 is 0 Å². The Kier molecular flexibility index (Phi) is 5.58. The van der Waals surface area contributed by atoms with Crippen molar-refractivity contribution in [1.29, 1.82) is 0 Å². The van der Waals surface area contributed by atoms with E-state index in [0.29, 0.717) is 24.6 Å². The Balaban J connectivity index is 1.81. The minimum atomic E-state index is -0.820. The van der Waals surface area contributed by atoms with Crippen molar-refractivity contribution < 1.29 is 19.4 Å². The van der Waals surface area contributed by atoms with E-state index < -0.39 is 6.09 Å². The van der Waals surface area contributed by atoms with Gasteiger partial charge in [-0.15, -0.1) is 0 Å². The standard InChI is InChI=1S/C17H21NO4/c1-22-16(19)15-7-5-13(6-8-15)3-2-4-14-9-11-18(12-10-14)17(20)21/h2-3,5-8,14H,4,9-12H2,1H3,(H,20,21). The zero-order chi connectivity index (χ0) is 15.9. The van der Waals surface area contributed by atoms with Gasteiger partial charge in [0, 0.05) is 13.1 Å². The van der Waals surface area contributed by atoms with Gasteiger partial charge in [-0.1, -0.05) is 24.3 Å². The SMILES string of the molecule is COC(=O)c1ccc(C=CCC2CCN(C(=O)O)CC2)cc1. The first kappa shape index (κ1) is 16.1. The third-order valence-corrected chi connectivity index (χ3v) is 4.00. The van der Waals surface area contributed by atoms with Gasteiger partial charge in [0.15, 0.2) is 0 Å². The molecular formula is C17H21NO4. The smallest absolute Gasteiger partial charge is 0.407 e. The molecule has 5 heteroatoms. The Labute approximate surface area is 130 Å². The van der Waals surface area contributed by atoms with Crippen molar-refractivity contribution in [1.82, 2.24) is 4.90 Å². The van der Waals surface area contributed by atoms with Crippen molar-refractivity contribution >= 4 is 18.1 Å². The highest BCUT2D eigenvalue weighted by Crippen LogP contribution is 2.21. The van der Waals surface area contributed by atoms with E-state index in [-0.39, 0.29) is 5.97 Å². The number of methoxy groups -OCH3 is 1. The van der Waals surface area contributed by atoms with Crippen LogP contribution in [0.4, 0.5) is 4.79 Å². The molecule has 1 aromatic rings. The number of carbonyl (C=O) groups is 2. The van der Waals surface area contributed by atoms with Crippen molar-refractivity contribution in [3.63, 3.8) is 0 Å². The molecule has 1 N–H and O–H groups in total. The predicted octanol–water partition coefficient (Wildman–Crippen LogP) is 3.27. The van der Waals surface area contributed by atoms with Gasteiger partial charge in [-0.05, 0) is 42.9 Å². The molecule has 0 unspecified atom stereocenters. The Bertz CT molecular complexity index is 542. The molecule has 0 radical (unpaired) electrons. The van der Waals surface area contributed by atoms with Crippen molar-refractivity contribution in [3.8, 4) is 0 Å². The lowest BCUT2D eigenvalue weighted by molar-refractivity contribution is 0.0600. The number of carbonyl (C=O) groups excluding carboxylic acids is 1. The summed E-state index contributed by atoms with van der Waals surface area (Å²) in [6.07, 6.45) is 6.11. The summed E-state index contributed by atoms with van der Waals surface area (Å²) in [7, 11) is 1.37. The minimum Gasteiger partial charge on any atom is -0.465 e. The van der Waals surface area contributed by atoms with Crippen LogP contribution in [0.2, 0.25) is 0 Å². The molecule has 1 amide bonds. The van der Waals surface area contributed by atoms with Gasteiger partial charge >= 0.3 is 12.1 Å². The van der Waals surface area contributed by atoms with E-state index in [0.717, 1.165) is 24.8 Å². The van der Waals surface area contributed by atoms with Gasteiger partial charge in [0.2, 0.25) is 0 Å². The van der Waals surface area contributed by atoms with Crippen LogP contribution in [0.15, 0.2) is 30.3 Å². The third kappa shape index (κ3) is 4.35. The van der Waals surface area contributed by atoms with Gasteiger partial charge in [0.05, 0.1) is 12.7 Å². The number of rotatable bonds is 4. The highest BCUT2D eigenvalue weighted by Gasteiger charge is 2.21. The second-order valence-electron chi connectivity index (χ2n) is 5.46. The summed E-state index contributed by atoms with van der Waals surface area (Å²) < 4.78 is 4.66. The number of hydrogen-bond acceptors (Lipinski definition) is 3. The van der Waals surface area contributed by atoms with Crippen LogP contribution < -0.4 is 0 Å². The fourth-order valence-electron chi connectivity index (χ4n) is 2.60. The Hall–Kier alpha value is -2.30. The Morgan fingerprint density at radius 2 is 1.91 bits per heavy atom. The molecule has 1 aromatic carbocycles. The highest BCUT2D eigenvalue weighted by molar-refractivity contribution is 5.89. The summed E-state index contributed by atoms with van der Waals surface area (Å²) in [5.74, 6) is 0.210. The lowest BCUT2D eigenvalue weighted by Crippen LogP contribution is -2.37. The number of allylic oxidation sites excluding steroid dienone is 1. The molecule has 2 rings (SSSR count). The van der Waals surface area contributed by atoms with Crippen molar-refractivity contribution in [2.45, 2.75) is 19.3 Å². The maximum Gasteiger partial charge on any atom is 0.407 e. The first-order valence-corrected chi connectivity index (χ1v) is 7.43. The molecule has 0 aliphatic carbocycles. The van der Waals surface area contributed by atoms with Crippen LogP contribution in [0, 0.1) is 5.92 Å². The topological polar surface area (TPSA) is 66.8 Å². The summed E-state index contributed by atoms with van der Waals surface area (Å²) in [5, 5.41) is 8.91. The number of hydrogen-bond donors (Lipinski definition) is 1. The van der Waals surface area contributed by atoms with Crippen molar-refractivity contribution in [2.24, 2.45) is 5.92 Å². The molecule has 22 heavy (non-hydrogen) atoms. The fourth-order valence-corrected chi connectivity index (χ4v) is 2.60.